The molecule has 0 fully saturated rings. The fourth-order valence-corrected chi connectivity index (χ4v) is 3.66. The maximum atomic E-state index is 12.5. The molecule has 1 amide bonds. The van der Waals surface area contributed by atoms with E-state index in [-0.39, 0.29) is 11.9 Å². The highest BCUT2D eigenvalue weighted by Crippen LogP contribution is 2.35. The Morgan fingerprint density at radius 2 is 2.00 bits per heavy atom. The van der Waals surface area contributed by atoms with Crippen molar-refractivity contribution >= 4 is 22.4 Å². The van der Waals surface area contributed by atoms with E-state index in [0.29, 0.717) is 29.8 Å². The lowest BCUT2D eigenvalue weighted by Crippen LogP contribution is -2.15. The largest absolute Gasteiger partial charge is 0.486 e. The van der Waals surface area contributed by atoms with Crippen molar-refractivity contribution < 1.29 is 14.3 Å². The van der Waals surface area contributed by atoms with E-state index in [1.165, 1.54) is 11.3 Å². The van der Waals surface area contributed by atoms with Gasteiger partial charge in [-0.3, -0.25) is 14.8 Å². The van der Waals surface area contributed by atoms with Crippen molar-refractivity contribution in [2.75, 3.05) is 18.5 Å². The molecule has 0 bridgehead atoms. The molecule has 4 rings (SSSR count). The van der Waals surface area contributed by atoms with Crippen LogP contribution in [-0.4, -0.2) is 33.9 Å². The SMILES string of the molecule is Cc1cc(C(=O)Nc2nc(-c3ccc4c(c3)OCCO4)cs2)nn1C(C)C. The highest BCUT2D eigenvalue weighted by Gasteiger charge is 2.17. The second-order valence-corrected chi connectivity index (χ2v) is 7.42. The first-order chi connectivity index (χ1) is 13.0. The first-order valence-corrected chi connectivity index (χ1v) is 9.62. The van der Waals surface area contributed by atoms with Crippen molar-refractivity contribution in [2.45, 2.75) is 26.8 Å². The van der Waals surface area contributed by atoms with Gasteiger partial charge in [0.25, 0.3) is 5.91 Å². The van der Waals surface area contributed by atoms with Gasteiger partial charge < -0.3 is 9.47 Å². The van der Waals surface area contributed by atoms with E-state index < -0.39 is 0 Å². The summed E-state index contributed by atoms with van der Waals surface area (Å²) in [6, 6.07) is 7.70. The van der Waals surface area contributed by atoms with Gasteiger partial charge in [-0.25, -0.2) is 4.98 Å². The summed E-state index contributed by atoms with van der Waals surface area (Å²) >= 11 is 1.37. The Hall–Kier alpha value is -2.87. The van der Waals surface area contributed by atoms with Crippen LogP contribution in [0.1, 0.15) is 36.1 Å². The Labute approximate surface area is 161 Å². The molecule has 0 unspecified atom stereocenters. The summed E-state index contributed by atoms with van der Waals surface area (Å²) in [6.45, 7) is 7.10. The topological polar surface area (TPSA) is 78.3 Å². The molecule has 1 N–H and O–H groups in total. The van der Waals surface area contributed by atoms with E-state index >= 15 is 0 Å². The molecule has 0 saturated heterocycles. The third-order valence-electron chi connectivity index (χ3n) is 4.21. The van der Waals surface area contributed by atoms with Crippen LogP contribution in [0.5, 0.6) is 11.5 Å². The molecule has 0 aliphatic carbocycles. The maximum absolute atomic E-state index is 12.5. The number of fused-ring (bicyclic) bond motifs is 1. The number of aromatic nitrogens is 3. The summed E-state index contributed by atoms with van der Waals surface area (Å²) in [7, 11) is 0. The quantitative estimate of drug-likeness (QED) is 0.738. The summed E-state index contributed by atoms with van der Waals surface area (Å²) < 4.78 is 13.0. The van der Waals surface area contributed by atoms with Crippen molar-refractivity contribution in [1.82, 2.24) is 14.8 Å². The Morgan fingerprint density at radius 3 is 2.74 bits per heavy atom. The number of benzene rings is 1. The molecule has 3 aromatic rings. The van der Waals surface area contributed by atoms with Crippen LogP contribution in [0.3, 0.4) is 0 Å². The van der Waals surface area contributed by atoms with E-state index in [2.05, 4.69) is 15.4 Å². The van der Waals surface area contributed by atoms with E-state index in [4.69, 9.17) is 9.47 Å². The average Bonchev–Trinajstić information content (AvgIpc) is 3.28. The van der Waals surface area contributed by atoms with Gasteiger partial charge in [-0.15, -0.1) is 11.3 Å². The predicted molar refractivity (Wildman–Crippen MR) is 104 cm³/mol. The number of carbonyl (C=O) groups excluding carboxylic acids is 1. The molecule has 27 heavy (non-hydrogen) atoms. The van der Waals surface area contributed by atoms with E-state index in [9.17, 15) is 4.79 Å². The minimum Gasteiger partial charge on any atom is -0.486 e. The Kier molecular flexibility index (Phi) is 4.57. The van der Waals surface area contributed by atoms with Gasteiger partial charge in [0.15, 0.2) is 22.3 Å². The van der Waals surface area contributed by atoms with Crippen LogP contribution in [0, 0.1) is 6.92 Å². The van der Waals surface area contributed by atoms with Crippen molar-refractivity contribution in [3.63, 3.8) is 0 Å². The monoisotopic (exact) mass is 384 g/mol. The van der Waals surface area contributed by atoms with Crippen molar-refractivity contribution in [3.05, 3.63) is 41.0 Å². The van der Waals surface area contributed by atoms with E-state index in [1.807, 2.05) is 49.0 Å². The molecule has 1 aliphatic rings. The molecule has 3 heterocycles. The lowest BCUT2D eigenvalue weighted by atomic mass is 10.1. The highest BCUT2D eigenvalue weighted by molar-refractivity contribution is 7.14. The standard InChI is InChI=1S/C19H20N4O3S/c1-11(2)23-12(3)8-14(22-23)18(24)21-19-20-15(10-27-19)13-4-5-16-17(9-13)26-7-6-25-16/h4-5,8-11H,6-7H2,1-3H3,(H,20,21,24). The summed E-state index contributed by atoms with van der Waals surface area (Å²) in [5.41, 5.74) is 3.02. The lowest BCUT2D eigenvalue weighted by molar-refractivity contribution is 0.102. The van der Waals surface area contributed by atoms with Gasteiger partial charge in [0.2, 0.25) is 0 Å². The zero-order valence-corrected chi connectivity index (χ0v) is 16.2. The third-order valence-corrected chi connectivity index (χ3v) is 4.96. The van der Waals surface area contributed by atoms with Crippen LogP contribution in [-0.2, 0) is 0 Å². The first kappa shape index (κ1) is 17.5. The minimum atomic E-state index is -0.263. The number of nitrogens with zero attached hydrogens (tertiary/aromatic N) is 3. The number of carbonyl (C=O) groups is 1. The number of aryl methyl sites for hydroxylation is 1. The molecule has 0 radical (unpaired) electrons. The van der Waals surface area contributed by atoms with Gasteiger partial charge in [0.05, 0.1) is 5.69 Å². The molecule has 1 aliphatic heterocycles. The van der Waals surface area contributed by atoms with Crippen LogP contribution in [0.4, 0.5) is 5.13 Å². The maximum Gasteiger partial charge on any atom is 0.277 e. The smallest absolute Gasteiger partial charge is 0.277 e. The van der Waals surface area contributed by atoms with E-state index in [0.717, 1.165) is 22.7 Å². The average molecular weight is 384 g/mol. The molecular formula is C19H20N4O3S. The predicted octanol–water partition coefficient (Wildman–Crippen LogP) is 3.92. The van der Waals surface area contributed by atoms with Crippen molar-refractivity contribution in [1.29, 1.82) is 0 Å². The van der Waals surface area contributed by atoms with Gasteiger partial charge in [-0.1, -0.05) is 0 Å². The second kappa shape index (κ2) is 7.03. The Balaban J connectivity index is 1.51. The number of ether oxygens (including phenoxy) is 2. The molecule has 0 atom stereocenters. The first-order valence-electron chi connectivity index (χ1n) is 8.74. The molecule has 0 saturated carbocycles. The molecule has 1 aromatic carbocycles. The molecule has 8 heteroatoms. The molecule has 2 aromatic heterocycles. The summed E-state index contributed by atoms with van der Waals surface area (Å²) in [6.07, 6.45) is 0. The fraction of sp³-hybridized carbons (Fsp3) is 0.316. The third kappa shape index (κ3) is 3.52. The van der Waals surface area contributed by atoms with Crippen LogP contribution in [0.15, 0.2) is 29.6 Å². The number of hydrogen-bond donors (Lipinski definition) is 1. The van der Waals surface area contributed by atoms with E-state index in [1.54, 1.807) is 6.07 Å². The number of nitrogens with one attached hydrogen (secondary N) is 1. The fourth-order valence-electron chi connectivity index (χ4n) is 2.95. The number of amides is 1. The molecule has 0 spiro atoms. The number of thiazole rings is 1. The van der Waals surface area contributed by atoms with Crippen LogP contribution < -0.4 is 14.8 Å². The van der Waals surface area contributed by atoms with Crippen molar-refractivity contribution in [3.8, 4) is 22.8 Å². The minimum absolute atomic E-state index is 0.202. The van der Waals surface area contributed by atoms with Crippen LogP contribution >= 0.6 is 11.3 Å². The van der Waals surface area contributed by atoms with Gasteiger partial charge in [-0.05, 0) is 45.0 Å². The number of anilines is 1. The van der Waals surface area contributed by atoms with Crippen LogP contribution in [0.25, 0.3) is 11.3 Å². The molecular weight excluding hydrogens is 364 g/mol. The lowest BCUT2D eigenvalue weighted by Gasteiger charge is -2.18. The highest BCUT2D eigenvalue weighted by atomic mass is 32.1. The number of rotatable bonds is 4. The summed E-state index contributed by atoms with van der Waals surface area (Å²) in [5.74, 6) is 1.19. The van der Waals surface area contributed by atoms with Gasteiger partial charge >= 0.3 is 0 Å². The van der Waals surface area contributed by atoms with Crippen molar-refractivity contribution in [2.24, 2.45) is 0 Å². The Bertz CT molecular complexity index is 993. The molecule has 7 nitrogen and oxygen atoms in total. The Morgan fingerprint density at radius 1 is 1.22 bits per heavy atom. The normalized spacial score (nSPS) is 13.0. The second-order valence-electron chi connectivity index (χ2n) is 6.56. The molecule has 140 valence electrons. The zero-order valence-electron chi connectivity index (χ0n) is 15.4. The van der Waals surface area contributed by atoms with Crippen LogP contribution in [0.2, 0.25) is 0 Å². The number of hydrogen-bond acceptors (Lipinski definition) is 6. The van der Waals surface area contributed by atoms with Gasteiger partial charge in [0, 0.05) is 22.7 Å². The zero-order chi connectivity index (χ0) is 19.0. The van der Waals surface area contributed by atoms with Gasteiger partial charge in [-0.2, -0.15) is 5.10 Å². The summed E-state index contributed by atoms with van der Waals surface area (Å²) in [5, 5.41) is 9.63. The van der Waals surface area contributed by atoms with Gasteiger partial charge in [0.1, 0.15) is 13.2 Å². The summed E-state index contributed by atoms with van der Waals surface area (Å²) in [4.78, 5) is 17.0.